The quantitative estimate of drug-likeness (QED) is 0.742. The minimum absolute atomic E-state index is 0.576. The fourth-order valence-electron chi connectivity index (χ4n) is 1.59. The van der Waals surface area contributed by atoms with Gasteiger partial charge in [0.1, 0.15) is 5.82 Å². The number of aromatic amines is 1. The van der Waals surface area contributed by atoms with Crippen molar-refractivity contribution in [3.8, 4) is 5.69 Å². The Labute approximate surface area is 123 Å². The van der Waals surface area contributed by atoms with Crippen LogP contribution in [0.5, 0.6) is 0 Å². The molecule has 7 nitrogen and oxygen atoms in total. The average Bonchev–Trinajstić information content (AvgIpc) is 3.06. The third-order valence-corrected chi connectivity index (χ3v) is 3.61. The first-order valence-electron chi connectivity index (χ1n) is 5.77. The lowest BCUT2D eigenvalue weighted by Gasteiger charge is -2.03. The van der Waals surface area contributed by atoms with Gasteiger partial charge in [-0.3, -0.25) is 5.10 Å². The molecule has 0 unspecified atom stereocenters. The van der Waals surface area contributed by atoms with Crippen molar-refractivity contribution in [3.05, 3.63) is 40.9 Å². The van der Waals surface area contributed by atoms with Crippen molar-refractivity contribution in [1.82, 2.24) is 35.4 Å². The molecule has 1 aromatic carbocycles. The molecule has 0 saturated heterocycles. The molecule has 0 atom stereocenters. The van der Waals surface area contributed by atoms with Gasteiger partial charge in [0.05, 0.1) is 11.4 Å². The van der Waals surface area contributed by atoms with Crippen LogP contribution in [0, 0.1) is 6.92 Å². The fourth-order valence-corrected chi connectivity index (χ4v) is 2.47. The molecule has 3 aromatic rings. The van der Waals surface area contributed by atoms with Gasteiger partial charge < -0.3 is 0 Å². The molecule has 0 radical (unpaired) electrons. The van der Waals surface area contributed by atoms with Crippen molar-refractivity contribution in [1.29, 1.82) is 0 Å². The van der Waals surface area contributed by atoms with E-state index in [1.807, 2.05) is 19.1 Å². The third-order valence-electron chi connectivity index (χ3n) is 2.51. The number of aromatic nitrogens is 7. The zero-order chi connectivity index (χ0) is 13.9. The number of hydrogen-bond acceptors (Lipinski definition) is 6. The lowest BCUT2D eigenvalue weighted by atomic mass is 10.3. The van der Waals surface area contributed by atoms with E-state index in [2.05, 4.69) is 30.7 Å². The number of benzene rings is 1. The Kier molecular flexibility index (Phi) is 3.66. The molecule has 2 heterocycles. The van der Waals surface area contributed by atoms with Gasteiger partial charge in [0, 0.05) is 5.02 Å². The van der Waals surface area contributed by atoms with Gasteiger partial charge in [-0.1, -0.05) is 23.4 Å². The molecule has 0 aliphatic rings. The Bertz CT molecular complexity index is 706. The van der Waals surface area contributed by atoms with Crippen LogP contribution in [0.1, 0.15) is 11.6 Å². The molecule has 0 amide bonds. The van der Waals surface area contributed by atoms with E-state index in [1.165, 1.54) is 11.8 Å². The summed E-state index contributed by atoms with van der Waals surface area (Å²) in [6.07, 6.45) is 0. The van der Waals surface area contributed by atoms with E-state index in [9.17, 15) is 0 Å². The SMILES string of the molecule is Cc1nc(SCc2nnnn2-c2ccc(Cl)cc2)n[nH]1. The maximum Gasteiger partial charge on any atom is 0.208 e. The van der Waals surface area contributed by atoms with Gasteiger partial charge in [0.25, 0.3) is 0 Å². The topological polar surface area (TPSA) is 85.2 Å². The summed E-state index contributed by atoms with van der Waals surface area (Å²) in [7, 11) is 0. The van der Waals surface area contributed by atoms with Gasteiger partial charge >= 0.3 is 0 Å². The van der Waals surface area contributed by atoms with Crippen LogP contribution >= 0.6 is 23.4 Å². The molecule has 0 spiro atoms. The van der Waals surface area contributed by atoms with Crippen LogP contribution < -0.4 is 0 Å². The molecule has 0 bridgehead atoms. The van der Waals surface area contributed by atoms with E-state index in [0.29, 0.717) is 15.9 Å². The Morgan fingerprint density at radius 1 is 1.30 bits per heavy atom. The highest BCUT2D eigenvalue weighted by molar-refractivity contribution is 7.98. The molecule has 9 heteroatoms. The number of nitrogens with one attached hydrogen (secondary N) is 1. The molecule has 1 N–H and O–H groups in total. The molecular weight excluding hydrogens is 298 g/mol. The largest absolute Gasteiger partial charge is 0.262 e. The van der Waals surface area contributed by atoms with Crippen LogP contribution in [0.25, 0.3) is 5.69 Å². The van der Waals surface area contributed by atoms with Crippen LogP contribution in [0.15, 0.2) is 29.4 Å². The van der Waals surface area contributed by atoms with Gasteiger partial charge in [0.2, 0.25) is 5.16 Å². The second-order valence-corrected chi connectivity index (χ2v) is 5.35. The Morgan fingerprint density at radius 2 is 2.10 bits per heavy atom. The second kappa shape index (κ2) is 5.59. The summed E-state index contributed by atoms with van der Waals surface area (Å²) in [6.45, 7) is 1.86. The molecule has 0 aliphatic carbocycles. The highest BCUT2D eigenvalue weighted by Crippen LogP contribution is 2.19. The molecule has 20 heavy (non-hydrogen) atoms. The van der Waals surface area contributed by atoms with Gasteiger partial charge in [-0.15, -0.1) is 10.2 Å². The predicted molar refractivity (Wildman–Crippen MR) is 74.8 cm³/mol. The number of halogens is 1. The molecule has 3 rings (SSSR count). The summed E-state index contributed by atoms with van der Waals surface area (Å²) >= 11 is 7.34. The van der Waals surface area contributed by atoms with Crippen molar-refractivity contribution in [3.63, 3.8) is 0 Å². The van der Waals surface area contributed by atoms with Crippen molar-refractivity contribution in [2.45, 2.75) is 17.8 Å². The average molecular weight is 308 g/mol. The summed E-state index contributed by atoms with van der Waals surface area (Å²) in [5.41, 5.74) is 0.862. The molecule has 0 fully saturated rings. The summed E-state index contributed by atoms with van der Waals surface area (Å²) in [6, 6.07) is 7.33. The van der Waals surface area contributed by atoms with E-state index in [0.717, 1.165) is 17.3 Å². The first-order chi connectivity index (χ1) is 9.72. The molecular formula is C11H10ClN7S. The number of tetrazole rings is 1. The maximum absolute atomic E-state index is 5.87. The normalized spacial score (nSPS) is 10.9. The van der Waals surface area contributed by atoms with Crippen molar-refractivity contribution in [2.75, 3.05) is 0 Å². The predicted octanol–water partition coefficient (Wildman–Crippen LogP) is 2.03. The summed E-state index contributed by atoms with van der Waals surface area (Å²) in [5.74, 6) is 2.08. The van der Waals surface area contributed by atoms with Gasteiger partial charge in [-0.05, 0) is 41.6 Å². The van der Waals surface area contributed by atoms with Gasteiger partial charge in [-0.25, -0.2) is 4.98 Å². The summed E-state index contributed by atoms with van der Waals surface area (Å²) in [4.78, 5) is 4.23. The van der Waals surface area contributed by atoms with Crippen LogP contribution in [-0.2, 0) is 5.75 Å². The first-order valence-corrected chi connectivity index (χ1v) is 7.14. The molecule has 0 saturated carbocycles. The standard InChI is InChI=1S/C11H10ClN7S/c1-7-13-11(16-14-7)20-6-10-15-17-18-19(10)9-4-2-8(12)3-5-9/h2-5H,6H2,1H3,(H,13,14,16). The number of H-pyrrole nitrogens is 1. The highest BCUT2D eigenvalue weighted by Gasteiger charge is 2.10. The smallest absolute Gasteiger partial charge is 0.208 e. The minimum atomic E-state index is 0.576. The van der Waals surface area contributed by atoms with E-state index >= 15 is 0 Å². The number of rotatable bonds is 4. The number of nitrogens with zero attached hydrogens (tertiary/aromatic N) is 6. The zero-order valence-electron chi connectivity index (χ0n) is 10.5. The fraction of sp³-hybridized carbons (Fsp3) is 0.182. The number of aryl methyl sites for hydroxylation is 1. The van der Waals surface area contributed by atoms with Crippen molar-refractivity contribution in [2.24, 2.45) is 0 Å². The lowest BCUT2D eigenvalue weighted by molar-refractivity contribution is 0.777. The first kappa shape index (κ1) is 13.1. The maximum atomic E-state index is 5.87. The second-order valence-electron chi connectivity index (χ2n) is 3.98. The summed E-state index contributed by atoms with van der Waals surface area (Å²) in [5, 5.41) is 19.9. The Hall–Kier alpha value is -1.93. The molecule has 0 aliphatic heterocycles. The Balaban J connectivity index is 1.78. The van der Waals surface area contributed by atoms with Crippen LogP contribution in [-0.4, -0.2) is 35.4 Å². The monoisotopic (exact) mass is 307 g/mol. The zero-order valence-corrected chi connectivity index (χ0v) is 12.1. The number of thioether (sulfide) groups is 1. The highest BCUT2D eigenvalue weighted by atomic mass is 35.5. The van der Waals surface area contributed by atoms with E-state index < -0.39 is 0 Å². The van der Waals surface area contributed by atoms with Crippen LogP contribution in [0.3, 0.4) is 0 Å². The summed E-state index contributed by atoms with van der Waals surface area (Å²) < 4.78 is 1.67. The third kappa shape index (κ3) is 2.81. The van der Waals surface area contributed by atoms with E-state index in [-0.39, 0.29) is 0 Å². The van der Waals surface area contributed by atoms with Gasteiger partial charge in [0.15, 0.2) is 5.82 Å². The lowest BCUT2D eigenvalue weighted by Crippen LogP contribution is -2.02. The number of hydrogen-bond donors (Lipinski definition) is 1. The molecule has 102 valence electrons. The van der Waals surface area contributed by atoms with Crippen molar-refractivity contribution < 1.29 is 0 Å². The van der Waals surface area contributed by atoms with Crippen molar-refractivity contribution >= 4 is 23.4 Å². The Morgan fingerprint density at radius 3 is 2.80 bits per heavy atom. The van der Waals surface area contributed by atoms with Crippen LogP contribution in [0.4, 0.5) is 0 Å². The van der Waals surface area contributed by atoms with E-state index in [4.69, 9.17) is 11.6 Å². The molecule has 2 aromatic heterocycles. The minimum Gasteiger partial charge on any atom is -0.262 e. The van der Waals surface area contributed by atoms with Crippen LogP contribution in [0.2, 0.25) is 5.02 Å². The van der Waals surface area contributed by atoms with Gasteiger partial charge in [-0.2, -0.15) is 4.68 Å². The van der Waals surface area contributed by atoms with E-state index in [1.54, 1.807) is 16.8 Å².